The number of hydrogen-bond acceptors (Lipinski definition) is 4. The minimum Gasteiger partial charge on any atom is -0.489 e. The van der Waals surface area contributed by atoms with E-state index >= 15 is 0 Å². The first kappa shape index (κ1) is 16.4. The number of halogens is 2. The van der Waals surface area contributed by atoms with Gasteiger partial charge in [-0.15, -0.1) is 0 Å². The second-order valence-corrected chi connectivity index (χ2v) is 5.41. The summed E-state index contributed by atoms with van der Waals surface area (Å²) < 4.78 is 36.3. The minimum atomic E-state index is -2.71. The molecule has 2 aromatic rings. The number of anilines is 1. The third-order valence-corrected chi connectivity index (χ3v) is 3.65. The molecule has 1 aromatic carbocycles. The van der Waals surface area contributed by atoms with Crippen molar-refractivity contribution >= 4 is 11.6 Å². The number of para-hydroxylation sites is 2. The van der Waals surface area contributed by atoms with Crippen LogP contribution in [0.15, 0.2) is 30.3 Å². The molecular weight excluding hydrogens is 320 g/mol. The van der Waals surface area contributed by atoms with Gasteiger partial charge in [-0.1, -0.05) is 12.1 Å². The van der Waals surface area contributed by atoms with Gasteiger partial charge in [-0.2, -0.15) is 5.10 Å². The molecule has 0 saturated carbocycles. The molecule has 24 heavy (non-hydrogen) atoms. The van der Waals surface area contributed by atoms with Gasteiger partial charge in [0.2, 0.25) is 0 Å². The molecule has 3 rings (SSSR count). The van der Waals surface area contributed by atoms with E-state index in [0.717, 1.165) is 25.5 Å². The fourth-order valence-electron chi connectivity index (χ4n) is 2.41. The number of alkyl halides is 2. The van der Waals surface area contributed by atoms with Crippen molar-refractivity contribution < 1.29 is 23.0 Å². The summed E-state index contributed by atoms with van der Waals surface area (Å²) >= 11 is 0. The van der Waals surface area contributed by atoms with Crippen LogP contribution >= 0.6 is 0 Å². The SMILES string of the molecule is O=C(Nc1ccccc1OCC1CCCO1)c1cc(C(F)F)[nH]n1. The van der Waals surface area contributed by atoms with Crippen molar-refractivity contribution in [1.29, 1.82) is 0 Å². The number of ether oxygens (including phenoxy) is 2. The topological polar surface area (TPSA) is 76.2 Å². The van der Waals surface area contributed by atoms with Crippen LogP contribution in [0.5, 0.6) is 5.75 Å². The smallest absolute Gasteiger partial charge is 0.279 e. The van der Waals surface area contributed by atoms with Crippen LogP contribution in [0.25, 0.3) is 0 Å². The second-order valence-electron chi connectivity index (χ2n) is 5.41. The Labute approximate surface area is 137 Å². The van der Waals surface area contributed by atoms with E-state index in [9.17, 15) is 13.6 Å². The van der Waals surface area contributed by atoms with Gasteiger partial charge in [0.15, 0.2) is 5.69 Å². The molecule has 128 valence electrons. The normalized spacial score (nSPS) is 17.2. The molecule has 0 radical (unpaired) electrons. The number of rotatable bonds is 6. The van der Waals surface area contributed by atoms with Crippen LogP contribution in [-0.4, -0.2) is 35.4 Å². The third-order valence-electron chi connectivity index (χ3n) is 3.65. The van der Waals surface area contributed by atoms with E-state index in [1.165, 1.54) is 0 Å². The van der Waals surface area contributed by atoms with Crippen molar-refractivity contribution in [2.75, 3.05) is 18.5 Å². The predicted octanol–water partition coefficient (Wildman–Crippen LogP) is 3.16. The average molecular weight is 337 g/mol. The number of aromatic nitrogens is 2. The Morgan fingerprint density at radius 3 is 3.00 bits per heavy atom. The van der Waals surface area contributed by atoms with Crippen LogP contribution in [0.3, 0.4) is 0 Å². The molecule has 1 aromatic heterocycles. The lowest BCUT2D eigenvalue weighted by atomic mass is 10.2. The van der Waals surface area contributed by atoms with E-state index in [2.05, 4.69) is 15.5 Å². The maximum absolute atomic E-state index is 12.5. The van der Waals surface area contributed by atoms with Crippen molar-refractivity contribution in [3.05, 3.63) is 41.7 Å². The Hall–Kier alpha value is -2.48. The molecule has 1 unspecified atom stereocenters. The third kappa shape index (κ3) is 3.88. The van der Waals surface area contributed by atoms with E-state index in [-0.39, 0.29) is 11.8 Å². The molecule has 8 heteroatoms. The lowest BCUT2D eigenvalue weighted by Gasteiger charge is -2.14. The molecule has 1 aliphatic heterocycles. The number of hydrogen-bond donors (Lipinski definition) is 2. The molecule has 1 fully saturated rings. The fourth-order valence-corrected chi connectivity index (χ4v) is 2.41. The Morgan fingerprint density at radius 1 is 1.46 bits per heavy atom. The Kier molecular flexibility index (Phi) is 5.05. The maximum atomic E-state index is 12.5. The summed E-state index contributed by atoms with van der Waals surface area (Å²) in [5.74, 6) is -0.0997. The van der Waals surface area contributed by atoms with Gasteiger partial charge in [0.1, 0.15) is 18.1 Å². The first-order valence-corrected chi connectivity index (χ1v) is 7.61. The molecular formula is C16H17F2N3O3. The number of H-pyrrole nitrogens is 1. The summed E-state index contributed by atoms with van der Waals surface area (Å²) in [5, 5.41) is 8.36. The van der Waals surface area contributed by atoms with Crippen molar-refractivity contribution in [2.45, 2.75) is 25.4 Å². The summed E-state index contributed by atoms with van der Waals surface area (Å²) in [6.45, 7) is 1.13. The van der Waals surface area contributed by atoms with Crippen molar-refractivity contribution in [3.8, 4) is 5.75 Å². The highest BCUT2D eigenvalue weighted by Gasteiger charge is 2.19. The van der Waals surface area contributed by atoms with Crippen molar-refractivity contribution in [1.82, 2.24) is 10.2 Å². The number of aromatic amines is 1. The van der Waals surface area contributed by atoms with Crippen molar-refractivity contribution in [3.63, 3.8) is 0 Å². The van der Waals surface area contributed by atoms with Gasteiger partial charge in [0, 0.05) is 6.61 Å². The summed E-state index contributed by atoms with van der Waals surface area (Å²) in [7, 11) is 0. The standard InChI is InChI=1S/C16H17F2N3O3/c17-15(18)12-8-13(21-20-12)16(22)19-11-5-1-2-6-14(11)24-9-10-4-3-7-23-10/h1-2,5-6,8,10,15H,3-4,7,9H2,(H,19,22)(H,20,21). The Bertz CT molecular complexity index is 699. The van der Waals surface area contributed by atoms with Crippen LogP contribution in [0, 0.1) is 0 Å². The largest absolute Gasteiger partial charge is 0.489 e. The van der Waals surface area contributed by atoms with Crippen LogP contribution in [-0.2, 0) is 4.74 Å². The molecule has 1 atom stereocenters. The molecule has 2 N–H and O–H groups in total. The zero-order valence-electron chi connectivity index (χ0n) is 12.8. The highest BCUT2D eigenvalue weighted by molar-refractivity contribution is 6.03. The molecule has 1 amide bonds. The molecule has 0 bridgehead atoms. The van der Waals surface area contributed by atoms with Crippen molar-refractivity contribution in [2.24, 2.45) is 0 Å². The monoisotopic (exact) mass is 337 g/mol. The molecule has 6 nitrogen and oxygen atoms in total. The number of nitrogens with zero attached hydrogens (tertiary/aromatic N) is 1. The molecule has 2 heterocycles. The summed E-state index contributed by atoms with van der Waals surface area (Å²) in [5.41, 5.74) is -0.0654. The molecule has 0 aliphatic carbocycles. The molecule has 0 spiro atoms. The number of carbonyl (C=O) groups is 1. The highest BCUT2D eigenvalue weighted by Crippen LogP contribution is 2.26. The maximum Gasteiger partial charge on any atom is 0.279 e. The van der Waals surface area contributed by atoms with E-state index < -0.39 is 18.0 Å². The van der Waals surface area contributed by atoms with Gasteiger partial charge >= 0.3 is 0 Å². The van der Waals surface area contributed by atoms with Crippen LogP contribution in [0.1, 0.15) is 35.4 Å². The Morgan fingerprint density at radius 2 is 2.29 bits per heavy atom. The van der Waals surface area contributed by atoms with E-state index in [1.807, 2.05) is 0 Å². The average Bonchev–Trinajstić information content (AvgIpc) is 3.26. The first-order valence-electron chi connectivity index (χ1n) is 7.61. The molecule has 1 saturated heterocycles. The van der Waals surface area contributed by atoms with E-state index in [1.54, 1.807) is 24.3 Å². The van der Waals surface area contributed by atoms with Gasteiger partial charge in [0.25, 0.3) is 12.3 Å². The number of benzene rings is 1. The van der Waals surface area contributed by atoms with Gasteiger partial charge < -0.3 is 14.8 Å². The zero-order chi connectivity index (χ0) is 16.9. The lowest BCUT2D eigenvalue weighted by molar-refractivity contribution is 0.0682. The zero-order valence-corrected chi connectivity index (χ0v) is 12.8. The Balaban J connectivity index is 1.66. The summed E-state index contributed by atoms with van der Waals surface area (Å²) in [4.78, 5) is 12.1. The predicted molar refractivity (Wildman–Crippen MR) is 82.4 cm³/mol. The van der Waals surface area contributed by atoms with Gasteiger partial charge in [-0.3, -0.25) is 9.89 Å². The first-order chi connectivity index (χ1) is 11.6. The quantitative estimate of drug-likeness (QED) is 0.849. The fraction of sp³-hybridized carbons (Fsp3) is 0.375. The van der Waals surface area contributed by atoms with E-state index in [0.29, 0.717) is 18.0 Å². The number of amides is 1. The highest BCUT2D eigenvalue weighted by atomic mass is 19.3. The van der Waals surface area contributed by atoms with Crippen LogP contribution in [0.2, 0.25) is 0 Å². The van der Waals surface area contributed by atoms with Crippen LogP contribution < -0.4 is 10.1 Å². The minimum absolute atomic E-state index is 0.0497. The summed E-state index contributed by atoms with van der Waals surface area (Å²) in [6.07, 6.45) is -0.703. The van der Waals surface area contributed by atoms with Gasteiger partial charge in [0.05, 0.1) is 11.8 Å². The van der Waals surface area contributed by atoms with Gasteiger partial charge in [-0.25, -0.2) is 8.78 Å². The van der Waals surface area contributed by atoms with E-state index in [4.69, 9.17) is 9.47 Å². The van der Waals surface area contributed by atoms with Gasteiger partial charge in [-0.05, 0) is 31.0 Å². The van der Waals surface area contributed by atoms with Crippen LogP contribution in [0.4, 0.5) is 14.5 Å². The lowest BCUT2D eigenvalue weighted by Crippen LogP contribution is -2.18. The molecule has 1 aliphatic rings. The number of nitrogens with one attached hydrogen (secondary N) is 2. The number of carbonyl (C=O) groups excluding carboxylic acids is 1. The summed E-state index contributed by atoms with van der Waals surface area (Å²) in [6, 6.07) is 7.94. The second kappa shape index (κ2) is 7.39.